The number of halogens is 2. The number of nitrogens with two attached hydrogens (primary N) is 1. The number of hydrogen-bond acceptors (Lipinski definition) is 2. The fourth-order valence-corrected chi connectivity index (χ4v) is 3.00. The van der Waals surface area contributed by atoms with Crippen LogP contribution in [0.25, 0.3) is 17.0 Å². The zero-order chi connectivity index (χ0) is 18.0. The number of fused-ring (bicyclic) bond motifs is 1. The van der Waals surface area contributed by atoms with Crippen molar-refractivity contribution in [2.24, 2.45) is 5.73 Å². The summed E-state index contributed by atoms with van der Waals surface area (Å²) in [5.41, 5.74) is 8.43. The van der Waals surface area contributed by atoms with Crippen LogP contribution in [-0.2, 0) is 6.54 Å². The lowest BCUT2D eigenvalue weighted by Gasteiger charge is -2.07. The van der Waals surface area contributed by atoms with Gasteiger partial charge in [-0.15, -0.1) is 0 Å². The first-order valence-electron chi connectivity index (χ1n) is 7.43. The highest BCUT2D eigenvalue weighted by Gasteiger charge is 2.10. The van der Waals surface area contributed by atoms with Gasteiger partial charge in [0.1, 0.15) is 16.9 Å². The molecule has 3 nitrogen and oxygen atoms in total. The Balaban J connectivity index is 2.11. The number of aromatic nitrogens is 1. The minimum absolute atomic E-state index is 0.0564. The number of rotatable bonds is 4. The van der Waals surface area contributed by atoms with Crippen LogP contribution in [0.4, 0.5) is 4.39 Å². The monoisotopic (exact) mass is 369 g/mol. The second-order valence-electron chi connectivity index (χ2n) is 5.50. The average Bonchev–Trinajstić information content (AvgIpc) is 2.93. The molecule has 0 amide bonds. The minimum atomic E-state index is -0.371. The van der Waals surface area contributed by atoms with Crippen LogP contribution in [0.2, 0.25) is 5.02 Å². The summed E-state index contributed by atoms with van der Waals surface area (Å²) < 4.78 is 15.2. The maximum atomic E-state index is 13.2. The second kappa shape index (κ2) is 7.06. The largest absolute Gasteiger partial charge is 0.389 e. The van der Waals surface area contributed by atoms with Crippen LogP contribution in [0, 0.1) is 17.1 Å². The molecule has 6 heteroatoms. The van der Waals surface area contributed by atoms with Crippen LogP contribution in [0.15, 0.2) is 54.2 Å². The number of nitriles is 1. The average molecular weight is 370 g/mol. The fourth-order valence-electron chi connectivity index (χ4n) is 2.67. The molecule has 0 aliphatic rings. The molecule has 0 spiro atoms. The SMILES string of the molecule is N#C/C(=C/c1cn(Cc2ccc(F)cc2Cl)c2ccccc12)C(N)=S. The number of para-hydroxylation sites is 1. The molecular formula is C19H13ClFN3S. The highest BCUT2D eigenvalue weighted by atomic mass is 35.5. The number of benzene rings is 2. The van der Waals surface area contributed by atoms with Gasteiger partial charge < -0.3 is 10.3 Å². The topological polar surface area (TPSA) is 54.7 Å². The molecule has 0 fully saturated rings. The molecule has 2 aromatic carbocycles. The molecule has 0 saturated carbocycles. The van der Waals surface area contributed by atoms with Gasteiger partial charge in [0.2, 0.25) is 0 Å². The lowest BCUT2D eigenvalue weighted by Crippen LogP contribution is -2.09. The molecule has 2 N–H and O–H groups in total. The Kier molecular flexibility index (Phi) is 4.84. The van der Waals surface area contributed by atoms with Crippen LogP contribution in [-0.4, -0.2) is 9.56 Å². The van der Waals surface area contributed by atoms with Gasteiger partial charge in [0, 0.05) is 34.2 Å². The predicted octanol–water partition coefficient (Wildman–Crippen LogP) is 4.68. The van der Waals surface area contributed by atoms with Crippen LogP contribution < -0.4 is 5.73 Å². The predicted molar refractivity (Wildman–Crippen MR) is 103 cm³/mol. The van der Waals surface area contributed by atoms with Crippen molar-refractivity contribution < 1.29 is 4.39 Å². The van der Waals surface area contributed by atoms with Crippen molar-refractivity contribution in [1.82, 2.24) is 4.57 Å². The van der Waals surface area contributed by atoms with Crippen molar-refractivity contribution in [1.29, 1.82) is 5.26 Å². The van der Waals surface area contributed by atoms with Crippen molar-refractivity contribution in [3.63, 3.8) is 0 Å². The molecule has 25 heavy (non-hydrogen) atoms. The van der Waals surface area contributed by atoms with Crippen LogP contribution in [0.3, 0.4) is 0 Å². The lowest BCUT2D eigenvalue weighted by atomic mass is 10.1. The van der Waals surface area contributed by atoms with Gasteiger partial charge in [0.25, 0.3) is 0 Å². The maximum Gasteiger partial charge on any atom is 0.124 e. The first-order chi connectivity index (χ1) is 12.0. The number of hydrogen-bond donors (Lipinski definition) is 1. The van der Waals surface area contributed by atoms with E-state index in [1.54, 1.807) is 12.1 Å². The number of nitrogens with zero attached hydrogens (tertiary/aromatic N) is 2. The Morgan fingerprint density at radius 1 is 1.32 bits per heavy atom. The summed E-state index contributed by atoms with van der Waals surface area (Å²) in [4.78, 5) is 0.0564. The van der Waals surface area contributed by atoms with Gasteiger partial charge in [0.15, 0.2) is 0 Å². The summed E-state index contributed by atoms with van der Waals surface area (Å²) in [6.45, 7) is 0.475. The molecule has 0 radical (unpaired) electrons. The summed E-state index contributed by atoms with van der Waals surface area (Å²) in [5, 5.41) is 10.5. The summed E-state index contributed by atoms with van der Waals surface area (Å²) >= 11 is 11.1. The Morgan fingerprint density at radius 2 is 2.08 bits per heavy atom. The summed E-state index contributed by atoms with van der Waals surface area (Å²) in [6.07, 6.45) is 3.58. The summed E-state index contributed by atoms with van der Waals surface area (Å²) in [7, 11) is 0. The molecule has 0 unspecified atom stereocenters. The van der Waals surface area contributed by atoms with Gasteiger partial charge in [-0.25, -0.2) is 4.39 Å². The Labute approximate surface area is 154 Å². The van der Waals surface area contributed by atoms with E-state index >= 15 is 0 Å². The normalized spacial score (nSPS) is 11.5. The van der Waals surface area contributed by atoms with Crippen LogP contribution >= 0.6 is 23.8 Å². The Hall–Kier alpha value is -2.68. The molecule has 0 aliphatic heterocycles. The molecule has 0 saturated heterocycles. The van der Waals surface area contributed by atoms with E-state index in [4.69, 9.17) is 29.6 Å². The molecule has 1 aromatic heterocycles. The molecule has 0 atom stereocenters. The van der Waals surface area contributed by atoms with E-state index in [9.17, 15) is 9.65 Å². The van der Waals surface area contributed by atoms with Gasteiger partial charge in [-0.05, 0) is 29.8 Å². The molecule has 3 aromatic rings. The van der Waals surface area contributed by atoms with E-state index in [1.165, 1.54) is 12.1 Å². The first kappa shape index (κ1) is 17.2. The van der Waals surface area contributed by atoms with Crippen molar-refractivity contribution in [3.8, 4) is 6.07 Å². The van der Waals surface area contributed by atoms with Crippen molar-refractivity contribution in [2.75, 3.05) is 0 Å². The molecule has 124 valence electrons. The van der Waals surface area contributed by atoms with Gasteiger partial charge in [-0.2, -0.15) is 5.26 Å². The quantitative estimate of drug-likeness (QED) is 0.413. The third-order valence-electron chi connectivity index (χ3n) is 3.86. The minimum Gasteiger partial charge on any atom is -0.389 e. The smallest absolute Gasteiger partial charge is 0.124 e. The van der Waals surface area contributed by atoms with E-state index in [0.717, 1.165) is 22.0 Å². The molecule has 0 aliphatic carbocycles. The zero-order valence-electron chi connectivity index (χ0n) is 13.0. The van der Waals surface area contributed by atoms with E-state index in [0.29, 0.717) is 11.6 Å². The maximum absolute atomic E-state index is 13.2. The number of thiocarbonyl (C=S) groups is 1. The standard InChI is InChI=1S/C19H13ClFN3S/c20-17-8-15(21)6-5-12(17)10-24-11-14(7-13(9-22)19(23)25)16-3-1-2-4-18(16)24/h1-8,11H,10H2,(H2,23,25)/b13-7-. The Morgan fingerprint density at radius 3 is 2.76 bits per heavy atom. The first-order valence-corrected chi connectivity index (χ1v) is 8.21. The van der Waals surface area contributed by atoms with E-state index in [1.807, 2.05) is 41.1 Å². The third kappa shape index (κ3) is 3.55. The second-order valence-corrected chi connectivity index (χ2v) is 6.35. The molecule has 3 rings (SSSR count). The molecule has 1 heterocycles. The summed E-state index contributed by atoms with van der Waals surface area (Å²) in [6, 6.07) is 14.1. The van der Waals surface area contributed by atoms with E-state index in [2.05, 4.69) is 0 Å². The van der Waals surface area contributed by atoms with Crippen LogP contribution in [0.1, 0.15) is 11.1 Å². The highest BCUT2D eigenvalue weighted by molar-refractivity contribution is 7.80. The van der Waals surface area contributed by atoms with Gasteiger partial charge in [-0.1, -0.05) is 48.1 Å². The lowest BCUT2D eigenvalue weighted by molar-refractivity contribution is 0.626. The third-order valence-corrected chi connectivity index (χ3v) is 4.43. The molecular weight excluding hydrogens is 357 g/mol. The van der Waals surface area contributed by atoms with E-state index < -0.39 is 0 Å². The highest BCUT2D eigenvalue weighted by Crippen LogP contribution is 2.26. The summed E-state index contributed by atoms with van der Waals surface area (Å²) in [5.74, 6) is -0.371. The Bertz CT molecular complexity index is 1050. The van der Waals surface area contributed by atoms with Crippen molar-refractivity contribution in [3.05, 3.63) is 76.2 Å². The molecule has 0 bridgehead atoms. The van der Waals surface area contributed by atoms with Gasteiger partial charge in [0.05, 0.1) is 5.57 Å². The van der Waals surface area contributed by atoms with Crippen molar-refractivity contribution in [2.45, 2.75) is 6.54 Å². The van der Waals surface area contributed by atoms with Gasteiger partial charge >= 0.3 is 0 Å². The van der Waals surface area contributed by atoms with Crippen LogP contribution in [0.5, 0.6) is 0 Å². The van der Waals surface area contributed by atoms with Crippen molar-refractivity contribution >= 4 is 45.8 Å². The van der Waals surface area contributed by atoms with Gasteiger partial charge in [-0.3, -0.25) is 0 Å². The fraction of sp³-hybridized carbons (Fsp3) is 0.0526. The van der Waals surface area contributed by atoms with E-state index in [-0.39, 0.29) is 16.4 Å². The zero-order valence-corrected chi connectivity index (χ0v) is 14.6.